The molecule has 0 unspecified atom stereocenters. The van der Waals surface area contributed by atoms with Gasteiger partial charge in [0.05, 0.1) is 5.69 Å². The second-order valence-electron chi connectivity index (χ2n) is 3.94. The third-order valence-electron chi connectivity index (χ3n) is 2.57. The van der Waals surface area contributed by atoms with Crippen molar-refractivity contribution in [2.45, 2.75) is 26.3 Å². The Morgan fingerprint density at radius 1 is 1.39 bits per heavy atom. The molecule has 0 spiro atoms. The van der Waals surface area contributed by atoms with Gasteiger partial charge in [0.15, 0.2) is 11.6 Å². The maximum absolute atomic E-state index is 13.6. The van der Waals surface area contributed by atoms with Gasteiger partial charge in [-0.25, -0.2) is 9.37 Å². The zero-order valence-corrected chi connectivity index (χ0v) is 11.7. The number of hydrogen-bond donors (Lipinski definition) is 0. The Morgan fingerprint density at radius 3 is 2.72 bits per heavy atom. The number of benzene rings is 1. The number of nitrogens with zero attached hydrogens (tertiary/aromatic N) is 1. The Balaban J connectivity index is 2.06. The number of thiazole rings is 1. The van der Waals surface area contributed by atoms with Gasteiger partial charge in [0.25, 0.3) is 0 Å². The highest BCUT2D eigenvalue weighted by Gasteiger charge is 2.08. The van der Waals surface area contributed by atoms with E-state index >= 15 is 0 Å². The smallest absolute Gasteiger partial charge is 0.165 e. The Morgan fingerprint density at radius 2 is 2.17 bits per heavy atom. The second kappa shape index (κ2) is 5.67. The summed E-state index contributed by atoms with van der Waals surface area (Å²) in [7, 11) is 0. The lowest BCUT2D eigenvalue weighted by Crippen LogP contribution is -1.97. The first kappa shape index (κ1) is 13.3. The van der Waals surface area contributed by atoms with Gasteiger partial charge in [-0.05, 0) is 31.5 Å². The van der Waals surface area contributed by atoms with Crippen molar-refractivity contribution in [3.8, 4) is 5.75 Å². The van der Waals surface area contributed by atoms with Crippen molar-refractivity contribution in [2.75, 3.05) is 0 Å². The predicted octanol–water partition coefficient (Wildman–Crippen LogP) is 4.22. The van der Waals surface area contributed by atoms with E-state index in [4.69, 9.17) is 16.3 Å². The van der Waals surface area contributed by atoms with Crippen LogP contribution in [-0.4, -0.2) is 4.98 Å². The first-order valence-corrected chi connectivity index (χ1v) is 6.85. The van der Waals surface area contributed by atoms with Crippen LogP contribution in [0.5, 0.6) is 5.75 Å². The number of alkyl halides is 1. The summed E-state index contributed by atoms with van der Waals surface area (Å²) in [6.07, 6.45) is 0. The molecule has 0 atom stereocenters. The van der Waals surface area contributed by atoms with Crippen LogP contribution in [0.25, 0.3) is 0 Å². The van der Waals surface area contributed by atoms with Crippen molar-refractivity contribution < 1.29 is 9.13 Å². The van der Waals surface area contributed by atoms with E-state index < -0.39 is 5.82 Å². The Labute approximate surface area is 114 Å². The average molecular weight is 286 g/mol. The molecule has 0 bridgehead atoms. The van der Waals surface area contributed by atoms with Gasteiger partial charge in [-0.15, -0.1) is 22.9 Å². The fourth-order valence-corrected chi connectivity index (χ4v) is 2.50. The van der Waals surface area contributed by atoms with Crippen LogP contribution in [0.15, 0.2) is 18.2 Å². The number of halogens is 2. The third kappa shape index (κ3) is 3.00. The van der Waals surface area contributed by atoms with E-state index in [0.29, 0.717) is 5.88 Å². The fraction of sp³-hybridized carbons (Fsp3) is 0.308. The van der Waals surface area contributed by atoms with Gasteiger partial charge in [0, 0.05) is 10.8 Å². The minimum atomic E-state index is -0.391. The van der Waals surface area contributed by atoms with Crippen molar-refractivity contribution in [1.29, 1.82) is 0 Å². The van der Waals surface area contributed by atoms with E-state index in [2.05, 4.69) is 4.98 Å². The van der Waals surface area contributed by atoms with Crippen LogP contribution in [0.2, 0.25) is 0 Å². The van der Waals surface area contributed by atoms with E-state index in [1.165, 1.54) is 6.07 Å². The summed E-state index contributed by atoms with van der Waals surface area (Å²) < 4.78 is 19.0. The molecule has 0 radical (unpaired) electrons. The van der Waals surface area contributed by atoms with Crippen molar-refractivity contribution in [3.05, 3.63) is 45.2 Å². The highest BCUT2D eigenvalue weighted by atomic mass is 35.5. The highest BCUT2D eigenvalue weighted by molar-refractivity contribution is 7.11. The Bertz CT molecular complexity index is 536. The average Bonchev–Trinajstić information content (AvgIpc) is 2.67. The van der Waals surface area contributed by atoms with E-state index in [9.17, 15) is 4.39 Å². The summed E-state index contributed by atoms with van der Waals surface area (Å²) in [4.78, 5) is 5.50. The lowest BCUT2D eigenvalue weighted by Gasteiger charge is -2.06. The summed E-state index contributed by atoms with van der Waals surface area (Å²) in [5.74, 6) is 0.134. The van der Waals surface area contributed by atoms with Crippen molar-refractivity contribution in [1.82, 2.24) is 4.98 Å². The molecule has 0 N–H and O–H groups in total. The molecule has 0 saturated heterocycles. The fourth-order valence-electron chi connectivity index (χ4n) is 1.48. The van der Waals surface area contributed by atoms with Gasteiger partial charge < -0.3 is 4.74 Å². The molecule has 0 fully saturated rings. The van der Waals surface area contributed by atoms with Crippen molar-refractivity contribution >= 4 is 22.9 Å². The van der Waals surface area contributed by atoms with Crippen LogP contribution >= 0.6 is 22.9 Å². The van der Waals surface area contributed by atoms with Crippen LogP contribution in [0, 0.1) is 19.7 Å². The molecule has 2 aromatic rings. The van der Waals surface area contributed by atoms with Crippen molar-refractivity contribution in [2.24, 2.45) is 0 Å². The molecule has 0 aliphatic carbocycles. The topological polar surface area (TPSA) is 22.1 Å². The molecule has 0 saturated carbocycles. The number of aryl methyl sites for hydroxylation is 2. The number of hydrogen-bond acceptors (Lipinski definition) is 3. The van der Waals surface area contributed by atoms with Gasteiger partial charge >= 0.3 is 0 Å². The molecule has 0 aliphatic rings. The van der Waals surface area contributed by atoms with Crippen molar-refractivity contribution in [3.63, 3.8) is 0 Å². The molecular weight excluding hydrogens is 273 g/mol. The SMILES string of the molecule is Cc1nc(COc2ccc(CCl)cc2F)sc1C. The van der Waals surface area contributed by atoms with E-state index in [1.54, 1.807) is 23.5 Å². The Hall–Kier alpha value is -1.13. The quantitative estimate of drug-likeness (QED) is 0.785. The third-order valence-corrected chi connectivity index (χ3v) is 3.93. The minimum absolute atomic E-state index is 0.231. The van der Waals surface area contributed by atoms with Gasteiger partial charge in [-0.2, -0.15) is 0 Å². The summed E-state index contributed by atoms with van der Waals surface area (Å²) in [6, 6.07) is 4.74. The summed E-state index contributed by atoms with van der Waals surface area (Å²) in [5, 5.41) is 0.853. The molecule has 1 aromatic carbocycles. The molecule has 96 valence electrons. The maximum Gasteiger partial charge on any atom is 0.165 e. The molecule has 1 aromatic heterocycles. The normalized spacial score (nSPS) is 10.7. The second-order valence-corrected chi connectivity index (χ2v) is 5.49. The molecule has 1 heterocycles. The maximum atomic E-state index is 13.6. The highest BCUT2D eigenvalue weighted by Crippen LogP contribution is 2.22. The molecule has 2 rings (SSSR count). The van der Waals surface area contributed by atoms with Crippen LogP contribution < -0.4 is 4.74 Å². The molecule has 5 heteroatoms. The summed E-state index contributed by atoms with van der Waals surface area (Å²) in [6.45, 7) is 4.24. The zero-order valence-electron chi connectivity index (χ0n) is 10.2. The first-order chi connectivity index (χ1) is 8.60. The first-order valence-electron chi connectivity index (χ1n) is 5.50. The molecule has 2 nitrogen and oxygen atoms in total. The van der Waals surface area contributed by atoms with Crippen LogP contribution in [0.3, 0.4) is 0 Å². The minimum Gasteiger partial charge on any atom is -0.483 e. The lowest BCUT2D eigenvalue weighted by molar-refractivity contribution is 0.289. The van der Waals surface area contributed by atoms with E-state index in [1.807, 2.05) is 13.8 Å². The largest absolute Gasteiger partial charge is 0.483 e. The van der Waals surface area contributed by atoms with Gasteiger partial charge in [-0.1, -0.05) is 6.07 Å². The van der Waals surface area contributed by atoms with Crippen LogP contribution in [0.1, 0.15) is 21.1 Å². The van der Waals surface area contributed by atoms with Crippen LogP contribution in [0.4, 0.5) is 4.39 Å². The van der Waals surface area contributed by atoms with E-state index in [-0.39, 0.29) is 12.4 Å². The molecule has 0 amide bonds. The predicted molar refractivity (Wildman–Crippen MR) is 71.9 cm³/mol. The van der Waals surface area contributed by atoms with Gasteiger partial charge in [0.1, 0.15) is 11.6 Å². The zero-order chi connectivity index (χ0) is 13.1. The Kier molecular flexibility index (Phi) is 4.19. The standard InChI is InChI=1S/C13H13ClFNOS/c1-8-9(2)18-13(16-8)7-17-12-4-3-10(6-14)5-11(12)15/h3-5H,6-7H2,1-2H3. The summed E-state index contributed by atoms with van der Waals surface area (Å²) >= 11 is 7.20. The molecule has 18 heavy (non-hydrogen) atoms. The number of rotatable bonds is 4. The number of ether oxygens (including phenoxy) is 1. The molecule has 0 aliphatic heterocycles. The van der Waals surface area contributed by atoms with E-state index in [0.717, 1.165) is 21.1 Å². The van der Waals surface area contributed by atoms with Gasteiger partial charge in [0.2, 0.25) is 0 Å². The summed E-state index contributed by atoms with van der Waals surface area (Å²) in [5.41, 5.74) is 1.74. The number of aromatic nitrogens is 1. The van der Waals surface area contributed by atoms with Crippen LogP contribution in [-0.2, 0) is 12.5 Å². The molecular formula is C13H13ClFNOS. The van der Waals surface area contributed by atoms with Gasteiger partial charge in [-0.3, -0.25) is 0 Å². The monoisotopic (exact) mass is 285 g/mol. The lowest BCUT2D eigenvalue weighted by atomic mass is 10.2.